The van der Waals surface area contributed by atoms with E-state index in [0.29, 0.717) is 6.04 Å². The number of rotatable bonds is 4. The van der Waals surface area contributed by atoms with Crippen LogP contribution in [0.1, 0.15) is 37.7 Å². The summed E-state index contributed by atoms with van der Waals surface area (Å²) in [5, 5.41) is 3.67. The van der Waals surface area contributed by atoms with Gasteiger partial charge < -0.3 is 10.2 Å². The average molecular weight is 291 g/mol. The molecule has 110 valence electrons. The SMILES string of the molecule is c1cc(CN[C@@H]2CCSC2)cc(N2CCCCCC2)n1. The van der Waals surface area contributed by atoms with Crippen molar-refractivity contribution in [2.24, 2.45) is 0 Å². The van der Waals surface area contributed by atoms with Crippen LogP contribution in [0.5, 0.6) is 0 Å². The van der Waals surface area contributed by atoms with Crippen molar-refractivity contribution < 1.29 is 0 Å². The summed E-state index contributed by atoms with van der Waals surface area (Å²) in [6, 6.07) is 5.13. The van der Waals surface area contributed by atoms with Gasteiger partial charge in [0.2, 0.25) is 0 Å². The molecule has 2 aliphatic rings. The predicted molar refractivity (Wildman–Crippen MR) is 87.5 cm³/mol. The standard InChI is InChI=1S/C16H25N3S/c1-2-4-9-19(8-3-1)16-11-14(5-7-17-16)12-18-15-6-10-20-13-15/h5,7,11,15,18H,1-4,6,8-10,12-13H2/t15-/m1/s1. The minimum atomic E-state index is 0.704. The lowest BCUT2D eigenvalue weighted by Crippen LogP contribution is -2.28. The van der Waals surface area contributed by atoms with E-state index in [1.165, 1.54) is 68.1 Å². The molecule has 0 aromatic carbocycles. The summed E-state index contributed by atoms with van der Waals surface area (Å²) in [5.41, 5.74) is 1.37. The first-order valence-corrected chi connectivity index (χ1v) is 9.08. The van der Waals surface area contributed by atoms with Gasteiger partial charge in [-0.25, -0.2) is 4.98 Å². The number of pyridine rings is 1. The topological polar surface area (TPSA) is 28.2 Å². The van der Waals surface area contributed by atoms with Gasteiger partial charge in [-0.05, 0) is 42.7 Å². The highest BCUT2D eigenvalue weighted by atomic mass is 32.2. The van der Waals surface area contributed by atoms with Crippen LogP contribution < -0.4 is 10.2 Å². The number of aromatic nitrogens is 1. The molecule has 2 aliphatic heterocycles. The number of nitrogens with zero attached hydrogens (tertiary/aromatic N) is 2. The lowest BCUT2D eigenvalue weighted by molar-refractivity contribution is 0.557. The fourth-order valence-corrected chi connectivity index (χ4v) is 4.19. The van der Waals surface area contributed by atoms with Crippen LogP contribution in [-0.4, -0.2) is 35.6 Å². The van der Waals surface area contributed by atoms with Crippen molar-refractivity contribution in [2.75, 3.05) is 29.5 Å². The molecule has 3 rings (SSSR count). The number of hydrogen-bond acceptors (Lipinski definition) is 4. The Morgan fingerprint density at radius 3 is 2.85 bits per heavy atom. The number of hydrogen-bond donors (Lipinski definition) is 1. The second kappa shape index (κ2) is 7.32. The zero-order chi connectivity index (χ0) is 13.6. The fraction of sp³-hybridized carbons (Fsp3) is 0.688. The van der Waals surface area contributed by atoms with Crippen LogP contribution >= 0.6 is 11.8 Å². The third-order valence-corrected chi connectivity index (χ3v) is 5.43. The fourth-order valence-electron chi connectivity index (χ4n) is 3.00. The van der Waals surface area contributed by atoms with E-state index < -0.39 is 0 Å². The van der Waals surface area contributed by atoms with Crippen molar-refractivity contribution in [3.8, 4) is 0 Å². The van der Waals surface area contributed by atoms with E-state index in [-0.39, 0.29) is 0 Å². The maximum atomic E-state index is 4.58. The van der Waals surface area contributed by atoms with Crippen molar-refractivity contribution in [1.29, 1.82) is 0 Å². The highest BCUT2D eigenvalue weighted by molar-refractivity contribution is 7.99. The molecule has 0 bridgehead atoms. The summed E-state index contributed by atoms with van der Waals surface area (Å²) in [6.45, 7) is 3.32. The lowest BCUT2D eigenvalue weighted by Gasteiger charge is -2.22. The van der Waals surface area contributed by atoms with E-state index in [9.17, 15) is 0 Å². The molecule has 1 aromatic heterocycles. The van der Waals surface area contributed by atoms with Crippen LogP contribution in [0.25, 0.3) is 0 Å². The van der Waals surface area contributed by atoms with Crippen LogP contribution in [0, 0.1) is 0 Å². The van der Waals surface area contributed by atoms with Gasteiger partial charge in [-0.1, -0.05) is 12.8 Å². The zero-order valence-electron chi connectivity index (χ0n) is 12.2. The molecule has 0 aliphatic carbocycles. The van der Waals surface area contributed by atoms with Gasteiger partial charge >= 0.3 is 0 Å². The number of thioether (sulfide) groups is 1. The van der Waals surface area contributed by atoms with E-state index in [1.54, 1.807) is 0 Å². The third kappa shape index (κ3) is 3.89. The molecular weight excluding hydrogens is 266 g/mol. The predicted octanol–water partition coefficient (Wildman–Crippen LogP) is 3.06. The van der Waals surface area contributed by atoms with Gasteiger partial charge in [-0.2, -0.15) is 11.8 Å². The van der Waals surface area contributed by atoms with Crippen molar-refractivity contribution in [1.82, 2.24) is 10.3 Å². The minimum Gasteiger partial charge on any atom is -0.357 e. The maximum absolute atomic E-state index is 4.58. The number of nitrogens with one attached hydrogen (secondary N) is 1. The van der Waals surface area contributed by atoms with Crippen LogP contribution in [0.4, 0.5) is 5.82 Å². The molecule has 2 saturated heterocycles. The van der Waals surface area contributed by atoms with E-state index in [0.717, 1.165) is 6.54 Å². The summed E-state index contributed by atoms with van der Waals surface area (Å²) < 4.78 is 0. The molecule has 1 aromatic rings. The Morgan fingerprint density at radius 1 is 1.25 bits per heavy atom. The van der Waals surface area contributed by atoms with Gasteiger partial charge in [0, 0.05) is 37.6 Å². The molecular formula is C16H25N3S. The molecule has 0 spiro atoms. The first-order valence-electron chi connectivity index (χ1n) is 7.93. The second-order valence-electron chi connectivity index (χ2n) is 5.86. The Balaban J connectivity index is 1.59. The highest BCUT2D eigenvalue weighted by Crippen LogP contribution is 2.20. The molecule has 20 heavy (non-hydrogen) atoms. The van der Waals surface area contributed by atoms with E-state index in [2.05, 4.69) is 39.1 Å². The van der Waals surface area contributed by atoms with Gasteiger partial charge in [-0.15, -0.1) is 0 Å². The molecule has 2 fully saturated rings. The summed E-state index contributed by atoms with van der Waals surface area (Å²) >= 11 is 2.06. The van der Waals surface area contributed by atoms with Gasteiger partial charge in [0.1, 0.15) is 5.82 Å². The minimum absolute atomic E-state index is 0.704. The van der Waals surface area contributed by atoms with E-state index in [1.807, 2.05) is 6.20 Å². The summed E-state index contributed by atoms with van der Waals surface area (Å²) in [7, 11) is 0. The Hall–Kier alpha value is -0.740. The van der Waals surface area contributed by atoms with Gasteiger partial charge in [0.15, 0.2) is 0 Å². The summed E-state index contributed by atoms with van der Waals surface area (Å²) in [6.07, 6.45) is 8.65. The molecule has 1 atom stereocenters. The molecule has 0 unspecified atom stereocenters. The van der Waals surface area contributed by atoms with Crippen LogP contribution in [0.2, 0.25) is 0 Å². The molecule has 0 amide bonds. The Kier molecular flexibility index (Phi) is 5.20. The highest BCUT2D eigenvalue weighted by Gasteiger charge is 2.15. The first-order chi connectivity index (χ1) is 9.92. The lowest BCUT2D eigenvalue weighted by atomic mass is 10.2. The number of anilines is 1. The van der Waals surface area contributed by atoms with E-state index in [4.69, 9.17) is 0 Å². The molecule has 1 N–H and O–H groups in total. The van der Waals surface area contributed by atoms with E-state index >= 15 is 0 Å². The Bertz CT molecular complexity index is 410. The molecule has 0 radical (unpaired) electrons. The zero-order valence-corrected chi connectivity index (χ0v) is 13.0. The normalized spacial score (nSPS) is 23.8. The molecule has 0 saturated carbocycles. The first kappa shape index (κ1) is 14.2. The largest absolute Gasteiger partial charge is 0.357 e. The van der Waals surface area contributed by atoms with Crippen LogP contribution in [-0.2, 0) is 6.54 Å². The molecule has 3 nitrogen and oxygen atoms in total. The Labute approximate surface area is 126 Å². The van der Waals surface area contributed by atoms with Gasteiger partial charge in [0.25, 0.3) is 0 Å². The smallest absolute Gasteiger partial charge is 0.128 e. The van der Waals surface area contributed by atoms with Gasteiger partial charge in [-0.3, -0.25) is 0 Å². The van der Waals surface area contributed by atoms with Crippen molar-refractivity contribution >= 4 is 17.6 Å². The van der Waals surface area contributed by atoms with Crippen LogP contribution in [0.3, 0.4) is 0 Å². The quantitative estimate of drug-likeness (QED) is 0.923. The summed E-state index contributed by atoms with van der Waals surface area (Å²) in [4.78, 5) is 7.04. The van der Waals surface area contributed by atoms with Gasteiger partial charge in [0.05, 0.1) is 0 Å². The molecule has 4 heteroatoms. The third-order valence-electron chi connectivity index (χ3n) is 4.26. The van der Waals surface area contributed by atoms with Crippen molar-refractivity contribution in [3.05, 3.63) is 23.9 Å². The van der Waals surface area contributed by atoms with Crippen molar-refractivity contribution in [3.63, 3.8) is 0 Å². The summed E-state index contributed by atoms with van der Waals surface area (Å²) in [5.74, 6) is 3.75. The average Bonchev–Trinajstić information content (AvgIpc) is 2.86. The Morgan fingerprint density at radius 2 is 2.10 bits per heavy atom. The molecule has 3 heterocycles. The second-order valence-corrected chi connectivity index (χ2v) is 7.01. The van der Waals surface area contributed by atoms with Crippen molar-refractivity contribution in [2.45, 2.75) is 44.7 Å². The van der Waals surface area contributed by atoms with Crippen LogP contribution in [0.15, 0.2) is 18.3 Å². The monoisotopic (exact) mass is 291 g/mol. The maximum Gasteiger partial charge on any atom is 0.128 e.